The molecule has 180 valence electrons. The lowest BCUT2D eigenvalue weighted by molar-refractivity contribution is -0.589. The number of hydrogen-bond acceptors (Lipinski definition) is 5. The average Bonchev–Trinajstić information content (AvgIpc) is 3.36. The molecular formula is C28H19ClN6O2. The van der Waals surface area contributed by atoms with Crippen molar-refractivity contribution in [3.8, 4) is 33.9 Å². The summed E-state index contributed by atoms with van der Waals surface area (Å²) < 4.78 is 3.84. The Bertz CT molecular complexity index is 1810. The van der Waals surface area contributed by atoms with Crippen molar-refractivity contribution in [2.75, 3.05) is 5.73 Å². The number of para-hydroxylation sites is 1. The Morgan fingerprint density at radius 2 is 1.49 bits per heavy atom. The average molecular weight is 507 g/mol. The van der Waals surface area contributed by atoms with E-state index < -0.39 is 0 Å². The fourth-order valence-electron chi connectivity index (χ4n) is 4.22. The third-order valence-electron chi connectivity index (χ3n) is 6.11. The molecule has 3 heterocycles. The first-order valence-electron chi connectivity index (χ1n) is 11.4. The van der Waals surface area contributed by atoms with Crippen LogP contribution < -0.4 is 16.0 Å². The number of nitrogens with zero attached hydrogens (tertiary/aromatic N) is 5. The summed E-state index contributed by atoms with van der Waals surface area (Å²) in [5.74, 6) is 0.570. The molecular weight excluding hydrogens is 488 g/mol. The van der Waals surface area contributed by atoms with E-state index in [0.717, 1.165) is 16.8 Å². The Kier molecular flexibility index (Phi) is 5.43. The van der Waals surface area contributed by atoms with Crippen LogP contribution in [0, 0.1) is 5.21 Å². The Morgan fingerprint density at radius 3 is 2.19 bits per heavy atom. The lowest BCUT2D eigenvalue weighted by atomic mass is 10.0. The molecule has 9 heteroatoms. The molecule has 0 atom stereocenters. The molecule has 0 bridgehead atoms. The molecule has 6 rings (SSSR count). The second-order valence-corrected chi connectivity index (χ2v) is 8.86. The highest BCUT2D eigenvalue weighted by Gasteiger charge is 2.19. The summed E-state index contributed by atoms with van der Waals surface area (Å²) >= 11 is 6.11. The highest BCUT2D eigenvalue weighted by atomic mass is 35.5. The van der Waals surface area contributed by atoms with E-state index in [4.69, 9.17) is 22.3 Å². The zero-order valence-electron chi connectivity index (χ0n) is 19.3. The van der Waals surface area contributed by atoms with Crippen LogP contribution in [0.3, 0.4) is 0 Å². The van der Waals surface area contributed by atoms with E-state index in [1.54, 1.807) is 45.6 Å². The molecule has 3 aromatic carbocycles. The molecule has 37 heavy (non-hydrogen) atoms. The lowest BCUT2D eigenvalue weighted by Gasteiger charge is -2.14. The topological polar surface area (TPSA) is 106 Å². The molecule has 0 fully saturated rings. The van der Waals surface area contributed by atoms with Crippen molar-refractivity contribution < 1.29 is 4.73 Å². The number of anilines is 1. The summed E-state index contributed by atoms with van der Waals surface area (Å²) in [5, 5.41) is 17.3. The molecule has 0 aliphatic carbocycles. The van der Waals surface area contributed by atoms with Gasteiger partial charge in [-0.25, -0.2) is 14.4 Å². The van der Waals surface area contributed by atoms with Gasteiger partial charge in [0.05, 0.1) is 17.6 Å². The highest BCUT2D eigenvalue weighted by Crippen LogP contribution is 2.27. The summed E-state index contributed by atoms with van der Waals surface area (Å²) in [7, 11) is 0. The maximum atomic E-state index is 13.8. The van der Waals surface area contributed by atoms with Crippen LogP contribution in [0.1, 0.15) is 0 Å². The zero-order valence-corrected chi connectivity index (χ0v) is 20.1. The van der Waals surface area contributed by atoms with E-state index in [-0.39, 0.29) is 11.4 Å². The molecule has 3 aromatic heterocycles. The van der Waals surface area contributed by atoms with Crippen molar-refractivity contribution in [1.29, 1.82) is 0 Å². The molecule has 0 unspecified atom stereocenters. The maximum Gasteiger partial charge on any atom is 0.275 e. The molecule has 0 saturated heterocycles. The van der Waals surface area contributed by atoms with Crippen LogP contribution >= 0.6 is 11.6 Å². The van der Waals surface area contributed by atoms with Gasteiger partial charge in [0.25, 0.3) is 11.4 Å². The van der Waals surface area contributed by atoms with Crippen LogP contribution in [0.15, 0.2) is 108 Å². The Hall–Kier alpha value is -4.95. The van der Waals surface area contributed by atoms with Crippen molar-refractivity contribution in [3.63, 3.8) is 0 Å². The monoisotopic (exact) mass is 506 g/mol. The number of nitrogen functional groups attached to an aromatic ring is 1. The Morgan fingerprint density at radius 1 is 0.811 bits per heavy atom. The van der Waals surface area contributed by atoms with Crippen molar-refractivity contribution in [2.24, 2.45) is 0 Å². The lowest BCUT2D eigenvalue weighted by Crippen LogP contribution is -2.29. The third kappa shape index (κ3) is 3.99. The van der Waals surface area contributed by atoms with E-state index in [1.165, 1.54) is 12.4 Å². The minimum absolute atomic E-state index is 0.125. The van der Waals surface area contributed by atoms with Gasteiger partial charge >= 0.3 is 0 Å². The maximum absolute atomic E-state index is 13.8. The van der Waals surface area contributed by atoms with Gasteiger partial charge in [-0.05, 0) is 48.0 Å². The van der Waals surface area contributed by atoms with Crippen molar-refractivity contribution in [2.45, 2.75) is 0 Å². The van der Waals surface area contributed by atoms with E-state index in [9.17, 15) is 10.0 Å². The number of halogens is 1. The molecule has 0 radical (unpaired) electrons. The predicted octanol–water partition coefficient (Wildman–Crippen LogP) is 4.77. The van der Waals surface area contributed by atoms with E-state index >= 15 is 0 Å². The van der Waals surface area contributed by atoms with Crippen LogP contribution in [0.2, 0.25) is 5.02 Å². The fourth-order valence-corrected chi connectivity index (χ4v) is 4.35. The standard InChI is InChI=1S/C28H19ClN6O2/c29-21-11-13-22(14-12-21)34-26(19-8-6-18(7-9-19)20-10-15-25(30)33(37)17-20)32-27-24(28(34)36)16-31-35(27)23-4-2-1-3-5-23/h1-17H,30H2. The second-order valence-electron chi connectivity index (χ2n) is 8.43. The molecule has 0 aliphatic rings. The van der Waals surface area contributed by atoms with E-state index in [1.807, 2.05) is 54.6 Å². The predicted molar refractivity (Wildman–Crippen MR) is 144 cm³/mol. The number of hydrogen-bond donors (Lipinski definition) is 1. The van der Waals surface area contributed by atoms with Gasteiger partial charge < -0.3 is 5.21 Å². The van der Waals surface area contributed by atoms with Crippen LogP contribution in [0.25, 0.3) is 44.9 Å². The van der Waals surface area contributed by atoms with Gasteiger partial charge in [0, 0.05) is 22.2 Å². The Labute approximate surface area is 216 Å². The summed E-state index contributed by atoms with van der Waals surface area (Å²) in [6.07, 6.45) is 2.97. The van der Waals surface area contributed by atoms with Crippen LogP contribution in [0.4, 0.5) is 5.82 Å². The van der Waals surface area contributed by atoms with Crippen LogP contribution in [0.5, 0.6) is 0 Å². The van der Waals surface area contributed by atoms with Gasteiger partial charge in [-0.2, -0.15) is 5.10 Å². The Balaban J connectivity index is 1.56. The summed E-state index contributed by atoms with van der Waals surface area (Å²) in [6.45, 7) is 0. The number of fused-ring (bicyclic) bond motifs is 1. The molecule has 2 N–H and O–H groups in total. The normalized spacial score (nSPS) is 11.2. The molecule has 6 aromatic rings. The number of rotatable bonds is 4. The molecule has 0 spiro atoms. The van der Waals surface area contributed by atoms with E-state index in [2.05, 4.69) is 5.10 Å². The molecule has 8 nitrogen and oxygen atoms in total. The molecule has 0 aliphatic heterocycles. The molecule has 0 saturated carbocycles. The minimum atomic E-state index is -0.250. The molecule has 0 amide bonds. The van der Waals surface area contributed by atoms with Crippen molar-refractivity contribution in [1.82, 2.24) is 19.3 Å². The van der Waals surface area contributed by atoms with Crippen LogP contribution in [-0.4, -0.2) is 19.3 Å². The van der Waals surface area contributed by atoms with Gasteiger partial charge in [0.1, 0.15) is 17.4 Å². The van der Waals surface area contributed by atoms with Gasteiger partial charge in [-0.1, -0.05) is 54.1 Å². The first-order chi connectivity index (χ1) is 18.0. The van der Waals surface area contributed by atoms with E-state index in [0.29, 0.717) is 37.9 Å². The first-order valence-corrected chi connectivity index (χ1v) is 11.8. The third-order valence-corrected chi connectivity index (χ3v) is 6.36. The zero-order chi connectivity index (χ0) is 25.5. The number of pyridine rings is 1. The van der Waals surface area contributed by atoms with Crippen LogP contribution in [-0.2, 0) is 0 Å². The second kappa shape index (κ2) is 8.92. The van der Waals surface area contributed by atoms with Gasteiger partial charge in [-0.15, -0.1) is 0 Å². The summed E-state index contributed by atoms with van der Waals surface area (Å²) in [6, 6.07) is 27.4. The van der Waals surface area contributed by atoms with Crippen molar-refractivity contribution >= 4 is 28.5 Å². The first kappa shape index (κ1) is 22.5. The number of aromatic nitrogens is 5. The largest absolute Gasteiger partial charge is 0.711 e. The van der Waals surface area contributed by atoms with Gasteiger partial charge in [0.15, 0.2) is 5.65 Å². The van der Waals surface area contributed by atoms with Gasteiger partial charge in [-0.3, -0.25) is 15.1 Å². The van der Waals surface area contributed by atoms with Gasteiger partial charge in [0.2, 0.25) is 0 Å². The minimum Gasteiger partial charge on any atom is -0.711 e. The van der Waals surface area contributed by atoms with Crippen molar-refractivity contribution in [3.05, 3.63) is 124 Å². The summed E-state index contributed by atoms with van der Waals surface area (Å²) in [4.78, 5) is 18.7. The summed E-state index contributed by atoms with van der Waals surface area (Å²) in [5.41, 5.74) is 9.52. The number of benzene rings is 3. The SMILES string of the molecule is Nc1ccc(-c2ccc(-c3nc4c(cnn4-c4ccccc4)c(=O)n3-c3ccc(Cl)cc3)cc2)c[n+]1[O-]. The smallest absolute Gasteiger partial charge is 0.275 e. The number of nitrogens with two attached hydrogens (primary N) is 1. The fraction of sp³-hybridized carbons (Fsp3) is 0. The highest BCUT2D eigenvalue weighted by molar-refractivity contribution is 6.30. The quantitative estimate of drug-likeness (QED) is 0.274.